The zero-order chi connectivity index (χ0) is 18.2. The largest absolute Gasteiger partial charge is 0.497 e. The Bertz CT molecular complexity index is 799. The van der Waals surface area contributed by atoms with Gasteiger partial charge in [0.05, 0.1) is 12.7 Å². The van der Waals surface area contributed by atoms with Crippen molar-refractivity contribution in [2.45, 2.75) is 0 Å². The molecular weight excluding hydrogens is 340 g/mol. The van der Waals surface area contributed by atoms with Gasteiger partial charge in [0.15, 0.2) is 5.11 Å². The van der Waals surface area contributed by atoms with Gasteiger partial charge in [-0.15, -0.1) is 0 Å². The SMILES string of the molecule is COc1ccc(/C=C/C(=O)NC(=S)Nc2ccc(C(=O)O)cc2)cc1. The van der Waals surface area contributed by atoms with E-state index in [9.17, 15) is 9.59 Å². The standard InChI is InChI=1S/C18H16N2O4S/c1-24-15-9-2-12(3-10-15)4-11-16(21)20-18(25)19-14-7-5-13(6-8-14)17(22)23/h2-11H,1H3,(H,22,23)(H2,19,20,21,25)/b11-4+. The van der Waals surface area contributed by atoms with Crippen LogP contribution in [0, 0.1) is 0 Å². The molecule has 1 amide bonds. The quantitative estimate of drug-likeness (QED) is 0.564. The van der Waals surface area contributed by atoms with E-state index in [2.05, 4.69) is 10.6 Å². The first-order chi connectivity index (χ1) is 12.0. The number of carbonyl (C=O) groups excluding carboxylic acids is 1. The summed E-state index contributed by atoms with van der Waals surface area (Å²) in [6.45, 7) is 0. The maximum absolute atomic E-state index is 11.9. The summed E-state index contributed by atoms with van der Waals surface area (Å²) >= 11 is 5.05. The highest BCUT2D eigenvalue weighted by atomic mass is 32.1. The van der Waals surface area contributed by atoms with E-state index in [-0.39, 0.29) is 16.6 Å². The molecule has 0 saturated heterocycles. The maximum Gasteiger partial charge on any atom is 0.335 e. The Morgan fingerprint density at radius 1 is 1.08 bits per heavy atom. The predicted octanol–water partition coefficient (Wildman–Crippen LogP) is 2.92. The average Bonchev–Trinajstić information content (AvgIpc) is 2.60. The van der Waals surface area contributed by atoms with Crippen LogP contribution in [-0.4, -0.2) is 29.2 Å². The summed E-state index contributed by atoms with van der Waals surface area (Å²) in [5.41, 5.74) is 1.59. The van der Waals surface area contributed by atoms with Gasteiger partial charge in [0, 0.05) is 11.8 Å². The van der Waals surface area contributed by atoms with E-state index < -0.39 is 5.97 Å². The number of rotatable bonds is 5. The van der Waals surface area contributed by atoms with E-state index in [1.54, 1.807) is 37.5 Å². The lowest BCUT2D eigenvalue weighted by Crippen LogP contribution is -2.32. The van der Waals surface area contributed by atoms with Gasteiger partial charge in [0.1, 0.15) is 5.75 Å². The molecule has 3 N–H and O–H groups in total. The molecule has 0 atom stereocenters. The van der Waals surface area contributed by atoms with Crippen LogP contribution in [0.3, 0.4) is 0 Å². The fourth-order valence-electron chi connectivity index (χ4n) is 1.90. The molecule has 0 fully saturated rings. The van der Waals surface area contributed by atoms with Crippen molar-refractivity contribution in [1.82, 2.24) is 5.32 Å². The molecule has 25 heavy (non-hydrogen) atoms. The number of hydrogen-bond acceptors (Lipinski definition) is 4. The summed E-state index contributed by atoms with van der Waals surface area (Å²) in [6, 6.07) is 13.3. The number of aromatic carboxylic acids is 1. The Hall–Kier alpha value is -3.19. The van der Waals surface area contributed by atoms with Gasteiger partial charge >= 0.3 is 5.97 Å². The molecule has 2 rings (SSSR count). The van der Waals surface area contributed by atoms with Crippen LogP contribution in [0.4, 0.5) is 5.69 Å². The molecule has 0 aliphatic rings. The molecule has 7 heteroatoms. The third-order valence-corrected chi connectivity index (χ3v) is 3.37. The van der Waals surface area contributed by atoms with Gasteiger partial charge in [0.2, 0.25) is 5.91 Å². The zero-order valence-electron chi connectivity index (χ0n) is 13.4. The third-order valence-electron chi connectivity index (χ3n) is 3.17. The van der Waals surface area contributed by atoms with Crippen molar-refractivity contribution in [1.29, 1.82) is 0 Å². The highest BCUT2D eigenvalue weighted by molar-refractivity contribution is 7.80. The monoisotopic (exact) mass is 356 g/mol. The first-order valence-corrected chi connectivity index (χ1v) is 7.66. The molecule has 0 unspecified atom stereocenters. The molecule has 0 bridgehead atoms. The lowest BCUT2D eigenvalue weighted by molar-refractivity contribution is -0.115. The number of ether oxygens (including phenoxy) is 1. The number of carbonyl (C=O) groups is 2. The second-order valence-electron chi connectivity index (χ2n) is 4.93. The van der Waals surface area contributed by atoms with E-state index in [1.807, 2.05) is 12.1 Å². The summed E-state index contributed by atoms with van der Waals surface area (Å²) in [7, 11) is 1.58. The molecular formula is C18H16N2O4S. The van der Waals surface area contributed by atoms with Crippen LogP contribution in [0.2, 0.25) is 0 Å². The summed E-state index contributed by atoms with van der Waals surface area (Å²) in [6.07, 6.45) is 3.02. The Morgan fingerprint density at radius 3 is 2.28 bits per heavy atom. The molecule has 0 aromatic heterocycles. The molecule has 2 aromatic rings. The van der Waals surface area contributed by atoms with E-state index in [0.29, 0.717) is 5.69 Å². The van der Waals surface area contributed by atoms with E-state index in [4.69, 9.17) is 22.1 Å². The second kappa shape index (κ2) is 8.60. The normalized spacial score (nSPS) is 10.3. The van der Waals surface area contributed by atoms with E-state index >= 15 is 0 Å². The maximum atomic E-state index is 11.9. The number of methoxy groups -OCH3 is 1. The minimum atomic E-state index is -1.01. The molecule has 0 aliphatic heterocycles. The first-order valence-electron chi connectivity index (χ1n) is 7.25. The van der Waals surface area contributed by atoms with Crippen LogP contribution >= 0.6 is 12.2 Å². The third kappa shape index (κ3) is 5.74. The molecule has 128 valence electrons. The first kappa shape index (κ1) is 18.2. The Balaban J connectivity index is 1.87. The summed E-state index contributed by atoms with van der Waals surface area (Å²) in [4.78, 5) is 22.6. The van der Waals surface area contributed by atoms with Gasteiger partial charge < -0.3 is 15.2 Å². The number of hydrogen-bond donors (Lipinski definition) is 3. The Kier molecular flexibility index (Phi) is 6.25. The van der Waals surface area contributed by atoms with Crippen molar-refractivity contribution in [2.24, 2.45) is 0 Å². The van der Waals surface area contributed by atoms with Crippen molar-refractivity contribution in [3.05, 3.63) is 65.7 Å². The van der Waals surface area contributed by atoms with Crippen LogP contribution in [-0.2, 0) is 4.79 Å². The number of amides is 1. The number of carboxylic acids is 1. The Labute approximate surface area is 150 Å². The van der Waals surface area contributed by atoms with Crippen molar-refractivity contribution < 1.29 is 19.4 Å². The summed E-state index contributed by atoms with van der Waals surface area (Å²) in [5.74, 6) is -0.650. The number of anilines is 1. The minimum Gasteiger partial charge on any atom is -0.497 e. The van der Waals surface area contributed by atoms with E-state index in [0.717, 1.165) is 11.3 Å². The summed E-state index contributed by atoms with van der Waals surface area (Å²) < 4.78 is 5.06. The molecule has 0 saturated carbocycles. The highest BCUT2D eigenvalue weighted by Crippen LogP contribution is 2.12. The van der Waals surface area contributed by atoms with Crippen molar-refractivity contribution in [2.75, 3.05) is 12.4 Å². The lowest BCUT2D eigenvalue weighted by atomic mass is 10.2. The number of carboxylic acid groups (broad SMARTS) is 1. The minimum absolute atomic E-state index is 0.118. The fraction of sp³-hybridized carbons (Fsp3) is 0.0556. The molecule has 0 radical (unpaired) electrons. The van der Waals surface area contributed by atoms with Crippen LogP contribution in [0.1, 0.15) is 15.9 Å². The van der Waals surface area contributed by atoms with Gasteiger partial charge in [-0.3, -0.25) is 10.1 Å². The fourth-order valence-corrected chi connectivity index (χ4v) is 2.12. The average molecular weight is 356 g/mol. The van der Waals surface area contributed by atoms with Gasteiger partial charge in [0.25, 0.3) is 0 Å². The van der Waals surface area contributed by atoms with Crippen LogP contribution in [0.5, 0.6) is 5.75 Å². The van der Waals surface area contributed by atoms with Crippen molar-refractivity contribution in [3.63, 3.8) is 0 Å². The van der Waals surface area contributed by atoms with Crippen LogP contribution in [0.15, 0.2) is 54.6 Å². The smallest absolute Gasteiger partial charge is 0.335 e. The molecule has 0 aliphatic carbocycles. The van der Waals surface area contributed by atoms with Gasteiger partial charge in [-0.25, -0.2) is 4.79 Å². The van der Waals surface area contributed by atoms with Crippen molar-refractivity contribution >= 4 is 41.0 Å². The lowest BCUT2D eigenvalue weighted by Gasteiger charge is -2.08. The molecule has 2 aromatic carbocycles. The van der Waals surface area contributed by atoms with Gasteiger partial charge in [-0.2, -0.15) is 0 Å². The predicted molar refractivity (Wildman–Crippen MR) is 99.8 cm³/mol. The van der Waals surface area contributed by atoms with Gasteiger partial charge in [-0.1, -0.05) is 12.1 Å². The zero-order valence-corrected chi connectivity index (χ0v) is 14.2. The van der Waals surface area contributed by atoms with Crippen LogP contribution in [0.25, 0.3) is 6.08 Å². The Morgan fingerprint density at radius 2 is 1.72 bits per heavy atom. The summed E-state index contributed by atoms with van der Waals surface area (Å²) in [5, 5.41) is 14.3. The molecule has 6 nitrogen and oxygen atoms in total. The second-order valence-corrected chi connectivity index (χ2v) is 5.34. The topological polar surface area (TPSA) is 87.7 Å². The molecule has 0 heterocycles. The van der Waals surface area contributed by atoms with Crippen LogP contribution < -0.4 is 15.4 Å². The number of benzene rings is 2. The highest BCUT2D eigenvalue weighted by Gasteiger charge is 2.04. The van der Waals surface area contributed by atoms with E-state index in [1.165, 1.54) is 18.2 Å². The molecule has 0 spiro atoms. The van der Waals surface area contributed by atoms with Crippen molar-refractivity contribution in [3.8, 4) is 5.75 Å². The number of thiocarbonyl (C=S) groups is 1. The number of nitrogens with one attached hydrogen (secondary N) is 2. The van der Waals surface area contributed by atoms with Gasteiger partial charge in [-0.05, 0) is 60.3 Å².